The van der Waals surface area contributed by atoms with E-state index >= 15 is 0 Å². The Morgan fingerprint density at radius 2 is 1.93 bits per heavy atom. The van der Waals surface area contributed by atoms with Gasteiger partial charge in [-0.3, -0.25) is 9.69 Å². The first-order chi connectivity index (χ1) is 14.0. The Morgan fingerprint density at radius 1 is 1.24 bits per heavy atom. The fourth-order valence-electron chi connectivity index (χ4n) is 2.91. The molecule has 0 aromatic heterocycles. The molecule has 1 atom stereocenters. The number of ether oxygens (including phenoxy) is 1. The highest BCUT2D eigenvalue weighted by Crippen LogP contribution is 2.32. The van der Waals surface area contributed by atoms with Gasteiger partial charge in [0.1, 0.15) is 5.75 Å². The Morgan fingerprint density at radius 3 is 2.52 bits per heavy atom. The molecule has 150 valence electrons. The first kappa shape index (κ1) is 20.7. The molecule has 1 fully saturated rings. The summed E-state index contributed by atoms with van der Waals surface area (Å²) in [5, 5.41) is 9.34. The van der Waals surface area contributed by atoms with E-state index in [4.69, 9.17) is 9.84 Å². The van der Waals surface area contributed by atoms with E-state index in [1.807, 2.05) is 31.2 Å². The van der Waals surface area contributed by atoms with Crippen molar-refractivity contribution in [3.8, 4) is 5.75 Å². The van der Waals surface area contributed by atoms with E-state index in [0.717, 1.165) is 11.3 Å². The van der Waals surface area contributed by atoms with Gasteiger partial charge < -0.3 is 9.84 Å². The lowest BCUT2D eigenvalue weighted by Gasteiger charge is -2.14. The first-order valence-electron chi connectivity index (χ1n) is 9.24. The third-order valence-corrected chi connectivity index (χ3v) is 5.50. The number of carbonyl (C=O) groups excluding carboxylic acids is 1. The van der Waals surface area contributed by atoms with Gasteiger partial charge in [0.25, 0.3) is 0 Å². The van der Waals surface area contributed by atoms with Crippen LogP contribution < -0.4 is 4.74 Å². The molecule has 0 aliphatic carbocycles. The van der Waals surface area contributed by atoms with Gasteiger partial charge in [0.15, 0.2) is 5.17 Å². The molecule has 7 heteroatoms. The molecule has 3 rings (SSSR count). The maximum Gasteiger partial charge on any atom is 0.335 e. The average molecular weight is 410 g/mol. The molecule has 0 saturated carbocycles. The van der Waals surface area contributed by atoms with Crippen molar-refractivity contribution in [2.75, 3.05) is 13.2 Å². The lowest BCUT2D eigenvalue weighted by molar-refractivity contribution is -0.125. The minimum Gasteiger partial charge on any atom is -0.494 e. The molecule has 2 aromatic rings. The third kappa shape index (κ3) is 5.06. The summed E-state index contributed by atoms with van der Waals surface area (Å²) in [7, 11) is 0. The second kappa shape index (κ2) is 9.43. The summed E-state index contributed by atoms with van der Waals surface area (Å²) in [4.78, 5) is 30.1. The minimum absolute atomic E-state index is 0.00955. The number of benzene rings is 2. The van der Waals surface area contributed by atoms with Crippen molar-refractivity contribution < 1.29 is 19.4 Å². The van der Waals surface area contributed by atoms with E-state index in [2.05, 4.69) is 11.6 Å². The van der Waals surface area contributed by atoms with Crippen LogP contribution in [0.25, 0.3) is 0 Å². The highest BCUT2D eigenvalue weighted by atomic mass is 32.2. The Balaban J connectivity index is 1.78. The molecule has 1 saturated heterocycles. The molecule has 29 heavy (non-hydrogen) atoms. The molecular weight excluding hydrogens is 388 g/mol. The lowest BCUT2D eigenvalue weighted by Crippen LogP contribution is -2.32. The van der Waals surface area contributed by atoms with Crippen LogP contribution in [0.3, 0.4) is 0 Å². The summed E-state index contributed by atoms with van der Waals surface area (Å²) in [6.45, 7) is 6.65. The Bertz CT molecular complexity index is 923. The smallest absolute Gasteiger partial charge is 0.335 e. The quantitative estimate of drug-likeness (QED) is 0.662. The summed E-state index contributed by atoms with van der Waals surface area (Å²) in [5.74, 6) is -0.190. The number of aliphatic imine (C=N–C) groups is 1. The van der Waals surface area contributed by atoms with Crippen molar-refractivity contribution in [1.29, 1.82) is 0 Å². The Hall–Kier alpha value is -3.06. The van der Waals surface area contributed by atoms with Crippen molar-refractivity contribution in [1.82, 2.24) is 4.90 Å². The number of carbonyl (C=O) groups is 2. The number of amides is 1. The standard InChI is InChI=1S/C22H22N2O4S/c1-3-13-24-20(25)19(14-15-5-11-18(12-6-15)28-4-2)29-22(24)23-17-9-7-16(8-10-17)21(26)27/h3,5-12,19H,1,4,13-14H2,2H3,(H,26,27)/t19-/m1/s1. The molecule has 1 aliphatic rings. The van der Waals surface area contributed by atoms with Gasteiger partial charge in [-0.15, -0.1) is 6.58 Å². The summed E-state index contributed by atoms with van der Waals surface area (Å²) in [6.07, 6.45) is 2.25. The first-order valence-corrected chi connectivity index (χ1v) is 10.1. The number of rotatable bonds is 8. The molecule has 6 nitrogen and oxygen atoms in total. The molecule has 0 bridgehead atoms. The van der Waals surface area contributed by atoms with Crippen molar-refractivity contribution in [2.24, 2.45) is 4.99 Å². The predicted octanol–water partition coefficient (Wildman–Crippen LogP) is 4.14. The highest BCUT2D eigenvalue weighted by Gasteiger charge is 2.37. The second-order valence-corrected chi connectivity index (χ2v) is 7.54. The van der Waals surface area contributed by atoms with E-state index in [1.54, 1.807) is 23.1 Å². The van der Waals surface area contributed by atoms with Crippen molar-refractivity contribution in [2.45, 2.75) is 18.6 Å². The number of hydrogen-bond acceptors (Lipinski definition) is 5. The zero-order chi connectivity index (χ0) is 20.8. The van der Waals surface area contributed by atoms with E-state index in [0.29, 0.717) is 30.4 Å². The van der Waals surface area contributed by atoms with Crippen LogP contribution in [0.15, 0.2) is 66.2 Å². The summed E-state index contributed by atoms with van der Waals surface area (Å²) in [6, 6.07) is 14.0. The van der Waals surface area contributed by atoms with Crippen molar-refractivity contribution >= 4 is 34.5 Å². The summed E-state index contributed by atoms with van der Waals surface area (Å²) in [5.41, 5.74) is 1.84. The number of thioether (sulfide) groups is 1. The topological polar surface area (TPSA) is 79.2 Å². The normalized spacial score (nSPS) is 17.6. The summed E-state index contributed by atoms with van der Waals surface area (Å²) >= 11 is 1.41. The predicted molar refractivity (Wildman–Crippen MR) is 115 cm³/mol. The van der Waals surface area contributed by atoms with E-state index < -0.39 is 5.97 Å². The third-order valence-electron chi connectivity index (χ3n) is 4.33. The Labute approximate surface area is 173 Å². The Kier molecular flexibility index (Phi) is 6.72. The molecule has 0 radical (unpaired) electrons. The van der Waals surface area contributed by atoms with Gasteiger partial charge in [-0.2, -0.15) is 0 Å². The number of carboxylic acids is 1. The molecule has 1 amide bonds. The summed E-state index contributed by atoms with van der Waals surface area (Å²) < 4.78 is 5.46. The van der Waals surface area contributed by atoms with Crippen LogP contribution in [0.5, 0.6) is 5.75 Å². The molecule has 0 spiro atoms. The van der Waals surface area contributed by atoms with Crippen LogP contribution in [0.1, 0.15) is 22.8 Å². The molecule has 1 N–H and O–H groups in total. The number of aromatic carboxylic acids is 1. The van der Waals surface area contributed by atoms with Crippen LogP contribution in [0.4, 0.5) is 5.69 Å². The number of hydrogen-bond donors (Lipinski definition) is 1. The highest BCUT2D eigenvalue weighted by molar-refractivity contribution is 8.15. The molecular formula is C22H22N2O4S. The van der Waals surface area contributed by atoms with Crippen molar-refractivity contribution in [3.63, 3.8) is 0 Å². The maximum atomic E-state index is 12.9. The van der Waals surface area contributed by atoms with Crippen LogP contribution in [-0.2, 0) is 11.2 Å². The zero-order valence-corrected chi connectivity index (χ0v) is 16.9. The number of carboxylic acid groups (broad SMARTS) is 1. The lowest BCUT2D eigenvalue weighted by atomic mass is 10.1. The molecule has 1 heterocycles. The number of nitrogens with zero attached hydrogens (tertiary/aromatic N) is 2. The molecule has 0 unspecified atom stereocenters. The monoisotopic (exact) mass is 410 g/mol. The SMILES string of the molecule is C=CCN1C(=O)[C@@H](Cc2ccc(OCC)cc2)SC1=Nc1ccc(C(=O)O)cc1. The largest absolute Gasteiger partial charge is 0.494 e. The van der Waals surface area contributed by atoms with E-state index in [9.17, 15) is 9.59 Å². The van der Waals surface area contributed by atoms with Crippen LogP contribution in [-0.4, -0.2) is 45.5 Å². The van der Waals surface area contributed by atoms with E-state index in [1.165, 1.54) is 23.9 Å². The zero-order valence-electron chi connectivity index (χ0n) is 16.1. The maximum absolute atomic E-state index is 12.9. The fourth-order valence-corrected chi connectivity index (χ4v) is 4.12. The van der Waals surface area contributed by atoms with Gasteiger partial charge >= 0.3 is 5.97 Å². The van der Waals surface area contributed by atoms with Gasteiger partial charge in [-0.05, 0) is 55.3 Å². The van der Waals surface area contributed by atoms with Crippen molar-refractivity contribution in [3.05, 3.63) is 72.3 Å². The fraction of sp³-hybridized carbons (Fsp3) is 0.227. The van der Waals surface area contributed by atoms with Gasteiger partial charge in [-0.1, -0.05) is 30.0 Å². The molecule has 1 aliphatic heterocycles. The van der Waals surface area contributed by atoms with Gasteiger partial charge in [0, 0.05) is 6.54 Å². The number of amidine groups is 1. The van der Waals surface area contributed by atoms with Gasteiger partial charge in [0.05, 0.1) is 23.1 Å². The van der Waals surface area contributed by atoms with Crippen LogP contribution in [0, 0.1) is 0 Å². The average Bonchev–Trinajstić information content (AvgIpc) is 2.99. The minimum atomic E-state index is -0.988. The van der Waals surface area contributed by atoms with Crippen LogP contribution >= 0.6 is 11.8 Å². The van der Waals surface area contributed by atoms with Crippen LogP contribution in [0.2, 0.25) is 0 Å². The second-order valence-electron chi connectivity index (χ2n) is 6.37. The van der Waals surface area contributed by atoms with Gasteiger partial charge in [0.2, 0.25) is 5.91 Å². The van der Waals surface area contributed by atoms with Gasteiger partial charge in [-0.25, -0.2) is 9.79 Å². The molecule has 2 aromatic carbocycles. The van der Waals surface area contributed by atoms with E-state index in [-0.39, 0.29) is 16.7 Å².